The van der Waals surface area contributed by atoms with E-state index in [1.807, 2.05) is 24.3 Å². The third kappa shape index (κ3) is 3.78. The highest BCUT2D eigenvalue weighted by Gasteiger charge is 2.46. The second kappa shape index (κ2) is 6.19. The SMILES string of the molecule is CC(C)(C)OC(=O)NC1(C(=O)Nc2ncn[nH]2)Cc2ccccc2C1. The molecule has 0 unspecified atom stereocenters. The number of nitrogens with zero attached hydrogens (tertiary/aromatic N) is 2. The highest BCUT2D eigenvalue weighted by Crippen LogP contribution is 2.31. The number of nitrogens with one attached hydrogen (secondary N) is 3. The van der Waals surface area contributed by atoms with Crippen LogP contribution in [-0.2, 0) is 22.4 Å². The summed E-state index contributed by atoms with van der Waals surface area (Å²) in [7, 11) is 0. The van der Waals surface area contributed by atoms with E-state index in [9.17, 15) is 9.59 Å². The number of carbonyl (C=O) groups excluding carboxylic acids is 2. The Morgan fingerprint density at radius 1 is 1.20 bits per heavy atom. The van der Waals surface area contributed by atoms with Gasteiger partial charge in [0.25, 0.3) is 5.91 Å². The minimum atomic E-state index is -1.14. The van der Waals surface area contributed by atoms with Gasteiger partial charge >= 0.3 is 6.09 Å². The Bertz CT molecular complexity index is 755. The molecule has 2 amide bonds. The van der Waals surface area contributed by atoms with Crippen molar-refractivity contribution in [2.45, 2.75) is 44.8 Å². The van der Waals surface area contributed by atoms with Crippen molar-refractivity contribution in [1.29, 1.82) is 0 Å². The molecule has 0 radical (unpaired) electrons. The number of benzene rings is 1. The average molecular weight is 343 g/mol. The summed E-state index contributed by atoms with van der Waals surface area (Å²) in [6, 6.07) is 7.73. The quantitative estimate of drug-likeness (QED) is 0.787. The lowest BCUT2D eigenvalue weighted by molar-refractivity contribution is -0.122. The van der Waals surface area contributed by atoms with Crippen LogP contribution < -0.4 is 10.6 Å². The van der Waals surface area contributed by atoms with Gasteiger partial charge < -0.3 is 10.1 Å². The molecule has 1 aliphatic rings. The van der Waals surface area contributed by atoms with E-state index in [0.717, 1.165) is 11.1 Å². The molecule has 3 N–H and O–H groups in total. The summed E-state index contributed by atoms with van der Waals surface area (Å²) in [6.07, 6.45) is 1.42. The Morgan fingerprint density at radius 2 is 1.84 bits per heavy atom. The number of carbonyl (C=O) groups is 2. The van der Waals surface area contributed by atoms with Crippen LogP contribution in [-0.4, -0.2) is 38.3 Å². The van der Waals surface area contributed by atoms with Gasteiger partial charge in [-0.2, -0.15) is 10.1 Å². The molecule has 25 heavy (non-hydrogen) atoms. The minimum absolute atomic E-state index is 0.228. The maximum absolute atomic E-state index is 12.9. The molecule has 0 saturated carbocycles. The van der Waals surface area contributed by atoms with E-state index in [1.165, 1.54) is 6.33 Å². The Morgan fingerprint density at radius 3 is 2.36 bits per heavy atom. The number of alkyl carbamates (subject to hydrolysis) is 1. The zero-order valence-electron chi connectivity index (χ0n) is 14.4. The number of fused-ring (bicyclic) bond motifs is 1. The summed E-state index contributed by atoms with van der Waals surface area (Å²) < 4.78 is 5.34. The molecule has 1 aliphatic carbocycles. The molecule has 8 heteroatoms. The van der Waals surface area contributed by atoms with Gasteiger partial charge in [0.2, 0.25) is 5.95 Å². The molecule has 1 heterocycles. The number of aromatic nitrogens is 3. The molecular formula is C17H21N5O3. The fraction of sp³-hybridized carbons (Fsp3) is 0.412. The van der Waals surface area contributed by atoms with Crippen molar-refractivity contribution in [3.63, 3.8) is 0 Å². The standard InChI is InChI=1S/C17H21N5O3/c1-16(2,3)25-15(24)21-17(13(23)20-14-18-10-19-22-14)8-11-6-4-5-7-12(11)9-17/h4-7,10H,8-9H2,1-3H3,(H,21,24)(H2,18,19,20,22,23). The van der Waals surface area contributed by atoms with Crippen molar-refractivity contribution in [2.75, 3.05) is 5.32 Å². The van der Waals surface area contributed by atoms with Crippen LogP contribution in [0.25, 0.3) is 0 Å². The van der Waals surface area contributed by atoms with Crippen molar-refractivity contribution in [3.8, 4) is 0 Å². The monoisotopic (exact) mass is 343 g/mol. The molecule has 3 rings (SSSR count). The first-order valence-electron chi connectivity index (χ1n) is 8.02. The third-order valence-corrected chi connectivity index (χ3v) is 3.92. The maximum Gasteiger partial charge on any atom is 0.408 e. The zero-order chi connectivity index (χ0) is 18.1. The van der Waals surface area contributed by atoms with Gasteiger partial charge in [0.1, 0.15) is 17.5 Å². The van der Waals surface area contributed by atoms with E-state index >= 15 is 0 Å². The van der Waals surface area contributed by atoms with Crippen molar-refractivity contribution in [2.24, 2.45) is 0 Å². The van der Waals surface area contributed by atoms with E-state index in [4.69, 9.17) is 4.74 Å². The van der Waals surface area contributed by atoms with Gasteiger partial charge in [-0.1, -0.05) is 24.3 Å². The fourth-order valence-corrected chi connectivity index (χ4v) is 2.91. The molecule has 0 atom stereocenters. The average Bonchev–Trinajstić information content (AvgIpc) is 3.12. The van der Waals surface area contributed by atoms with Crippen LogP contribution in [0.3, 0.4) is 0 Å². The molecule has 0 saturated heterocycles. The molecule has 132 valence electrons. The number of hydrogen-bond acceptors (Lipinski definition) is 5. The summed E-state index contributed by atoms with van der Waals surface area (Å²) in [5, 5.41) is 11.7. The van der Waals surface area contributed by atoms with Crippen LogP contribution in [0.1, 0.15) is 31.9 Å². The van der Waals surface area contributed by atoms with E-state index in [-0.39, 0.29) is 11.9 Å². The van der Waals surface area contributed by atoms with Crippen molar-refractivity contribution in [3.05, 3.63) is 41.7 Å². The van der Waals surface area contributed by atoms with Crippen molar-refractivity contribution in [1.82, 2.24) is 20.5 Å². The highest BCUT2D eigenvalue weighted by molar-refractivity contribution is 6.00. The highest BCUT2D eigenvalue weighted by atomic mass is 16.6. The van der Waals surface area contributed by atoms with Crippen LogP contribution in [0.4, 0.5) is 10.7 Å². The smallest absolute Gasteiger partial charge is 0.408 e. The Kier molecular flexibility index (Phi) is 4.20. The van der Waals surface area contributed by atoms with Crippen LogP contribution in [0.2, 0.25) is 0 Å². The number of anilines is 1. The van der Waals surface area contributed by atoms with Gasteiger partial charge in [0.15, 0.2) is 0 Å². The molecule has 0 spiro atoms. The predicted molar refractivity (Wildman–Crippen MR) is 91.0 cm³/mol. The first-order valence-corrected chi connectivity index (χ1v) is 8.02. The molecule has 0 aliphatic heterocycles. The summed E-state index contributed by atoms with van der Waals surface area (Å²) in [5.41, 5.74) is 0.245. The van der Waals surface area contributed by atoms with Crippen LogP contribution >= 0.6 is 0 Å². The van der Waals surface area contributed by atoms with Crippen LogP contribution in [0.5, 0.6) is 0 Å². The predicted octanol–water partition coefficient (Wildman–Crippen LogP) is 1.81. The van der Waals surface area contributed by atoms with Gasteiger partial charge in [-0.15, -0.1) is 0 Å². The molecule has 8 nitrogen and oxygen atoms in total. The van der Waals surface area contributed by atoms with Crippen LogP contribution in [0, 0.1) is 0 Å². The Balaban J connectivity index is 1.85. The number of hydrogen-bond donors (Lipinski definition) is 3. The second-order valence-corrected chi connectivity index (χ2v) is 7.12. The number of amides is 2. The Hall–Kier alpha value is -2.90. The first-order chi connectivity index (χ1) is 11.8. The van der Waals surface area contributed by atoms with Crippen LogP contribution in [0.15, 0.2) is 30.6 Å². The van der Waals surface area contributed by atoms with Gasteiger partial charge in [0, 0.05) is 12.8 Å². The Labute approximate surface area is 145 Å². The lowest BCUT2D eigenvalue weighted by atomic mass is 9.94. The fourth-order valence-electron chi connectivity index (χ4n) is 2.91. The molecule has 1 aromatic carbocycles. The van der Waals surface area contributed by atoms with E-state index in [0.29, 0.717) is 12.8 Å². The van der Waals surface area contributed by atoms with Gasteiger partial charge in [0.05, 0.1) is 0 Å². The number of rotatable bonds is 3. The normalized spacial score (nSPS) is 15.3. The molecule has 1 aromatic heterocycles. The first kappa shape index (κ1) is 16.9. The molecule has 2 aromatic rings. The van der Waals surface area contributed by atoms with Crippen molar-refractivity contribution >= 4 is 17.9 Å². The molecule has 0 fully saturated rings. The molecular weight excluding hydrogens is 322 g/mol. The zero-order valence-corrected chi connectivity index (χ0v) is 14.4. The van der Waals surface area contributed by atoms with E-state index in [2.05, 4.69) is 25.8 Å². The third-order valence-electron chi connectivity index (χ3n) is 3.92. The summed E-state index contributed by atoms with van der Waals surface area (Å²) in [4.78, 5) is 29.2. The number of ether oxygens (including phenoxy) is 1. The van der Waals surface area contributed by atoms with E-state index < -0.39 is 17.2 Å². The van der Waals surface area contributed by atoms with Gasteiger partial charge in [-0.25, -0.2) is 9.89 Å². The summed E-state index contributed by atoms with van der Waals surface area (Å²) >= 11 is 0. The van der Waals surface area contributed by atoms with Gasteiger partial charge in [-0.3, -0.25) is 10.1 Å². The molecule has 0 bridgehead atoms. The lowest BCUT2D eigenvalue weighted by Crippen LogP contribution is -2.58. The topological polar surface area (TPSA) is 109 Å². The second-order valence-electron chi connectivity index (χ2n) is 7.12. The summed E-state index contributed by atoms with van der Waals surface area (Å²) in [5.74, 6) is -0.141. The van der Waals surface area contributed by atoms with Crippen molar-refractivity contribution < 1.29 is 14.3 Å². The number of H-pyrrole nitrogens is 1. The van der Waals surface area contributed by atoms with Gasteiger partial charge in [-0.05, 0) is 31.9 Å². The lowest BCUT2D eigenvalue weighted by Gasteiger charge is -2.30. The maximum atomic E-state index is 12.9. The summed E-state index contributed by atoms with van der Waals surface area (Å²) in [6.45, 7) is 5.33. The largest absolute Gasteiger partial charge is 0.444 e. The minimum Gasteiger partial charge on any atom is -0.444 e. The van der Waals surface area contributed by atoms with E-state index in [1.54, 1.807) is 20.8 Å². The number of aromatic amines is 1.